The van der Waals surface area contributed by atoms with Gasteiger partial charge in [0.2, 0.25) is 0 Å². The molecular weight excluding hydrogens is 285 g/mol. The van der Waals surface area contributed by atoms with E-state index in [0.29, 0.717) is 6.54 Å². The molecule has 5 heteroatoms. The lowest BCUT2D eigenvalue weighted by Gasteiger charge is -2.36. The van der Waals surface area contributed by atoms with Crippen LogP contribution in [0.4, 0.5) is 4.39 Å². The van der Waals surface area contributed by atoms with Crippen molar-refractivity contribution in [2.75, 3.05) is 6.54 Å². The van der Waals surface area contributed by atoms with Gasteiger partial charge in [-0.25, -0.2) is 4.39 Å². The predicted molar refractivity (Wildman–Crippen MR) is 85.4 cm³/mol. The molecule has 2 heterocycles. The van der Waals surface area contributed by atoms with Crippen LogP contribution in [0.1, 0.15) is 24.2 Å². The maximum absolute atomic E-state index is 12.9. The van der Waals surface area contributed by atoms with Crippen molar-refractivity contribution >= 4 is 17.3 Å². The van der Waals surface area contributed by atoms with Crippen molar-refractivity contribution in [1.82, 2.24) is 14.8 Å². The minimum Gasteiger partial charge on any atom is -0.358 e. The van der Waals surface area contributed by atoms with E-state index in [2.05, 4.69) is 40.0 Å². The molecule has 1 aliphatic heterocycles. The Labute approximate surface area is 129 Å². The molecule has 1 N–H and O–H groups in total. The molecule has 0 fully saturated rings. The molecule has 0 unspecified atom stereocenters. The number of hydrogen-bond donors (Lipinski definition) is 1. The van der Waals surface area contributed by atoms with E-state index in [1.807, 2.05) is 0 Å². The van der Waals surface area contributed by atoms with Crippen LogP contribution in [0.15, 0.2) is 42.6 Å². The second kappa shape index (κ2) is 5.85. The smallest absolute Gasteiger partial charge is 0.169 e. The fourth-order valence-electron chi connectivity index (χ4n) is 2.74. The molecule has 0 aliphatic carbocycles. The van der Waals surface area contributed by atoms with Gasteiger partial charge in [0, 0.05) is 31.5 Å². The third kappa shape index (κ3) is 2.93. The molecule has 0 saturated heterocycles. The first-order chi connectivity index (χ1) is 10.1. The quantitative estimate of drug-likeness (QED) is 0.861. The van der Waals surface area contributed by atoms with Gasteiger partial charge in [-0.3, -0.25) is 0 Å². The first-order valence-corrected chi connectivity index (χ1v) is 7.50. The van der Waals surface area contributed by atoms with Gasteiger partial charge in [-0.15, -0.1) is 0 Å². The highest BCUT2D eigenvalue weighted by molar-refractivity contribution is 7.80. The van der Waals surface area contributed by atoms with Crippen molar-refractivity contribution in [3.05, 3.63) is 59.7 Å². The number of nitrogens with one attached hydrogen (secondary N) is 1. The number of benzene rings is 1. The average molecular weight is 303 g/mol. The van der Waals surface area contributed by atoms with E-state index < -0.39 is 0 Å². The summed E-state index contributed by atoms with van der Waals surface area (Å²) in [5.41, 5.74) is 2.30. The van der Waals surface area contributed by atoms with Gasteiger partial charge in [-0.1, -0.05) is 12.1 Å². The minimum atomic E-state index is -0.216. The molecule has 110 valence electrons. The molecule has 3 nitrogen and oxygen atoms in total. The fraction of sp³-hybridized carbons (Fsp3) is 0.312. The highest BCUT2D eigenvalue weighted by atomic mass is 32.1. The summed E-state index contributed by atoms with van der Waals surface area (Å²) < 4.78 is 15.1. The molecule has 0 radical (unpaired) electrons. The zero-order valence-electron chi connectivity index (χ0n) is 11.9. The van der Waals surface area contributed by atoms with E-state index >= 15 is 0 Å². The van der Waals surface area contributed by atoms with Gasteiger partial charge in [-0.05, 0) is 49.0 Å². The molecule has 0 spiro atoms. The van der Waals surface area contributed by atoms with Crippen LogP contribution >= 0.6 is 12.2 Å². The molecule has 0 saturated carbocycles. The van der Waals surface area contributed by atoms with Crippen LogP contribution in [0.25, 0.3) is 0 Å². The number of halogens is 1. The average Bonchev–Trinajstić information content (AvgIpc) is 2.96. The van der Waals surface area contributed by atoms with Gasteiger partial charge in [0.05, 0.1) is 6.04 Å². The lowest BCUT2D eigenvalue weighted by Crippen LogP contribution is -2.45. The molecule has 3 rings (SSSR count). The third-order valence-corrected chi connectivity index (χ3v) is 4.34. The number of thiocarbonyl (C=S) groups is 1. The van der Waals surface area contributed by atoms with Crippen LogP contribution in [0.5, 0.6) is 0 Å². The molecule has 21 heavy (non-hydrogen) atoms. The Morgan fingerprint density at radius 1 is 1.29 bits per heavy atom. The van der Waals surface area contributed by atoms with E-state index in [1.165, 1.54) is 17.8 Å². The Morgan fingerprint density at radius 2 is 2.05 bits per heavy atom. The standard InChI is InChI=1S/C16H18FN3S/c1-12-15-3-2-8-19(15)9-10-20(12)16(21)18-11-13-4-6-14(17)7-5-13/h2-8,12H,9-11H2,1H3,(H,18,21)/t12-/m0/s1. The second-order valence-electron chi connectivity index (χ2n) is 5.28. The zero-order valence-corrected chi connectivity index (χ0v) is 12.7. The number of nitrogens with zero attached hydrogens (tertiary/aromatic N) is 2. The van der Waals surface area contributed by atoms with E-state index in [1.54, 1.807) is 12.1 Å². The highest BCUT2D eigenvalue weighted by Crippen LogP contribution is 2.25. The van der Waals surface area contributed by atoms with Crippen molar-refractivity contribution in [2.45, 2.75) is 26.1 Å². The Balaban J connectivity index is 1.62. The summed E-state index contributed by atoms with van der Waals surface area (Å²) in [4.78, 5) is 2.20. The summed E-state index contributed by atoms with van der Waals surface area (Å²) in [6.07, 6.45) is 2.11. The van der Waals surface area contributed by atoms with Crippen LogP contribution < -0.4 is 5.32 Å². The zero-order chi connectivity index (χ0) is 14.8. The normalized spacial score (nSPS) is 17.4. The largest absolute Gasteiger partial charge is 0.358 e. The molecular formula is C16H18FN3S. The Bertz CT molecular complexity index is 635. The van der Waals surface area contributed by atoms with Crippen LogP contribution in [0.3, 0.4) is 0 Å². The predicted octanol–water partition coefficient (Wildman–Crippen LogP) is 3.08. The first-order valence-electron chi connectivity index (χ1n) is 7.09. The number of fused-ring (bicyclic) bond motifs is 1. The van der Waals surface area contributed by atoms with Gasteiger partial charge in [0.25, 0.3) is 0 Å². The molecule has 1 aliphatic rings. The fourth-order valence-corrected chi connectivity index (χ4v) is 3.06. The summed E-state index contributed by atoms with van der Waals surface area (Å²) in [6, 6.07) is 11.0. The van der Waals surface area contributed by atoms with E-state index in [0.717, 1.165) is 23.8 Å². The van der Waals surface area contributed by atoms with Gasteiger partial charge in [0.15, 0.2) is 5.11 Å². The summed E-state index contributed by atoms with van der Waals surface area (Å²) in [6.45, 7) is 4.63. The third-order valence-electron chi connectivity index (χ3n) is 3.96. The molecule has 0 amide bonds. The summed E-state index contributed by atoms with van der Waals surface area (Å²) in [5.74, 6) is -0.216. The SMILES string of the molecule is C[C@H]1c2cccn2CCN1C(=S)NCc1ccc(F)cc1. The van der Waals surface area contributed by atoms with Crippen LogP contribution in [-0.2, 0) is 13.1 Å². The Kier molecular flexibility index (Phi) is 3.92. The van der Waals surface area contributed by atoms with Crippen molar-refractivity contribution in [1.29, 1.82) is 0 Å². The van der Waals surface area contributed by atoms with Crippen molar-refractivity contribution in [2.24, 2.45) is 0 Å². The van der Waals surface area contributed by atoms with Crippen molar-refractivity contribution < 1.29 is 4.39 Å². The van der Waals surface area contributed by atoms with E-state index in [-0.39, 0.29) is 11.9 Å². The minimum absolute atomic E-state index is 0.216. The van der Waals surface area contributed by atoms with Crippen LogP contribution in [0.2, 0.25) is 0 Å². The molecule has 2 aromatic rings. The monoisotopic (exact) mass is 303 g/mol. The Morgan fingerprint density at radius 3 is 2.81 bits per heavy atom. The van der Waals surface area contributed by atoms with Gasteiger partial charge >= 0.3 is 0 Å². The Hall–Kier alpha value is -1.88. The first kappa shape index (κ1) is 14.1. The van der Waals surface area contributed by atoms with Gasteiger partial charge in [-0.2, -0.15) is 0 Å². The highest BCUT2D eigenvalue weighted by Gasteiger charge is 2.24. The molecule has 1 aromatic heterocycles. The van der Waals surface area contributed by atoms with Gasteiger partial charge < -0.3 is 14.8 Å². The van der Waals surface area contributed by atoms with Crippen molar-refractivity contribution in [3.8, 4) is 0 Å². The topological polar surface area (TPSA) is 20.2 Å². The van der Waals surface area contributed by atoms with Crippen LogP contribution in [-0.4, -0.2) is 21.1 Å². The lowest BCUT2D eigenvalue weighted by atomic mass is 10.1. The second-order valence-corrected chi connectivity index (χ2v) is 5.67. The van der Waals surface area contributed by atoms with Gasteiger partial charge in [0.1, 0.15) is 5.82 Å². The number of rotatable bonds is 2. The molecule has 1 aromatic carbocycles. The summed E-state index contributed by atoms with van der Waals surface area (Å²) in [7, 11) is 0. The maximum atomic E-state index is 12.9. The number of hydrogen-bond acceptors (Lipinski definition) is 1. The maximum Gasteiger partial charge on any atom is 0.169 e. The van der Waals surface area contributed by atoms with E-state index in [9.17, 15) is 4.39 Å². The lowest BCUT2D eigenvalue weighted by molar-refractivity contribution is 0.269. The number of aromatic nitrogens is 1. The summed E-state index contributed by atoms with van der Waals surface area (Å²) in [5, 5.41) is 4.02. The molecule has 1 atom stereocenters. The molecule has 0 bridgehead atoms. The van der Waals surface area contributed by atoms with Crippen LogP contribution in [0, 0.1) is 5.82 Å². The summed E-state index contributed by atoms with van der Waals surface area (Å²) >= 11 is 5.51. The van der Waals surface area contributed by atoms with E-state index in [4.69, 9.17) is 12.2 Å². The van der Waals surface area contributed by atoms with Crippen molar-refractivity contribution in [3.63, 3.8) is 0 Å².